The quantitative estimate of drug-likeness (QED) is 0.694. The molecule has 0 amide bonds. The molecule has 0 radical (unpaired) electrons. The maximum atomic E-state index is 11.2. The number of carbonyl (C=O) groups excluding carboxylic acids is 1. The van der Waals surface area contributed by atoms with Crippen LogP contribution in [0.5, 0.6) is 0 Å². The molecule has 3 nitrogen and oxygen atoms in total. The first-order valence-corrected chi connectivity index (χ1v) is 5.61. The van der Waals surface area contributed by atoms with Crippen molar-refractivity contribution in [2.75, 3.05) is 13.7 Å². The molecule has 2 aliphatic rings. The van der Waals surface area contributed by atoms with Gasteiger partial charge in [-0.3, -0.25) is 4.79 Å². The Hall–Kier alpha value is -0.570. The minimum Gasteiger partial charge on any atom is -0.468 e. The van der Waals surface area contributed by atoms with Crippen molar-refractivity contribution < 1.29 is 9.53 Å². The van der Waals surface area contributed by atoms with Gasteiger partial charge < -0.3 is 10.1 Å². The third kappa shape index (κ3) is 2.08. The molecule has 0 unspecified atom stereocenters. The topological polar surface area (TPSA) is 38.3 Å². The summed E-state index contributed by atoms with van der Waals surface area (Å²) in [6.45, 7) is 0.996. The highest BCUT2D eigenvalue weighted by Crippen LogP contribution is 2.34. The maximum absolute atomic E-state index is 11.2. The zero-order valence-electron chi connectivity index (χ0n) is 8.79. The van der Waals surface area contributed by atoms with E-state index < -0.39 is 0 Å². The fourth-order valence-corrected chi connectivity index (χ4v) is 2.51. The largest absolute Gasteiger partial charge is 0.468 e. The number of carbonyl (C=O) groups is 1. The zero-order chi connectivity index (χ0) is 9.97. The van der Waals surface area contributed by atoms with E-state index in [4.69, 9.17) is 4.74 Å². The predicted molar refractivity (Wildman–Crippen MR) is 53.9 cm³/mol. The number of hydrogen-bond donors (Lipinski definition) is 1. The summed E-state index contributed by atoms with van der Waals surface area (Å²) in [7, 11) is 1.46. The van der Waals surface area contributed by atoms with Crippen LogP contribution in [0.25, 0.3) is 0 Å². The molecule has 1 aliphatic heterocycles. The van der Waals surface area contributed by atoms with Crippen LogP contribution < -0.4 is 5.32 Å². The smallest absolute Gasteiger partial charge is 0.322 e. The maximum Gasteiger partial charge on any atom is 0.322 e. The van der Waals surface area contributed by atoms with Gasteiger partial charge in [0.15, 0.2) is 0 Å². The molecule has 1 saturated heterocycles. The van der Waals surface area contributed by atoms with Crippen molar-refractivity contribution in [3.05, 3.63) is 0 Å². The molecule has 1 saturated carbocycles. The van der Waals surface area contributed by atoms with Gasteiger partial charge in [0, 0.05) is 0 Å². The van der Waals surface area contributed by atoms with Gasteiger partial charge in [0.25, 0.3) is 0 Å². The van der Waals surface area contributed by atoms with Gasteiger partial charge in [0.1, 0.15) is 6.04 Å². The Kier molecular flexibility index (Phi) is 3.06. The van der Waals surface area contributed by atoms with Crippen LogP contribution in [0, 0.1) is 11.8 Å². The van der Waals surface area contributed by atoms with Crippen molar-refractivity contribution in [3.8, 4) is 0 Å². The van der Waals surface area contributed by atoms with Gasteiger partial charge in [0.05, 0.1) is 7.11 Å². The van der Waals surface area contributed by atoms with Crippen molar-refractivity contribution in [2.45, 2.75) is 38.1 Å². The lowest BCUT2D eigenvalue weighted by Crippen LogP contribution is -2.31. The number of nitrogens with one attached hydrogen (secondary N) is 1. The monoisotopic (exact) mass is 197 g/mol. The molecule has 1 heterocycles. The van der Waals surface area contributed by atoms with E-state index in [9.17, 15) is 4.79 Å². The van der Waals surface area contributed by atoms with Crippen LogP contribution >= 0.6 is 0 Å². The first kappa shape index (κ1) is 9.97. The third-order valence-electron chi connectivity index (χ3n) is 3.60. The van der Waals surface area contributed by atoms with Crippen LogP contribution in [-0.4, -0.2) is 25.7 Å². The molecular weight excluding hydrogens is 178 g/mol. The lowest BCUT2D eigenvalue weighted by atomic mass is 9.78. The molecule has 0 spiro atoms. The van der Waals surface area contributed by atoms with Crippen molar-refractivity contribution in [1.82, 2.24) is 5.32 Å². The van der Waals surface area contributed by atoms with Gasteiger partial charge in [-0.25, -0.2) is 0 Å². The van der Waals surface area contributed by atoms with E-state index in [1.54, 1.807) is 0 Å². The summed E-state index contributed by atoms with van der Waals surface area (Å²) in [5.74, 6) is 1.55. The highest BCUT2D eigenvalue weighted by Gasteiger charge is 2.32. The Morgan fingerprint density at radius 1 is 1.43 bits per heavy atom. The minimum atomic E-state index is -0.0962. The van der Waals surface area contributed by atoms with Crippen LogP contribution in [0.2, 0.25) is 0 Å². The van der Waals surface area contributed by atoms with E-state index in [0.717, 1.165) is 18.9 Å². The van der Waals surface area contributed by atoms with E-state index in [0.29, 0.717) is 5.92 Å². The third-order valence-corrected chi connectivity index (χ3v) is 3.60. The van der Waals surface area contributed by atoms with Crippen LogP contribution in [-0.2, 0) is 9.53 Å². The van der Waals surface area contributed by atoms with Gasteiger partial charge in [-0.05, 0) is 31.2 Å². The average Bonchev–Trinajstić information content (AvgIpc) is 2.58. The van der Waals surface area contributed by atoms with Crippen LogP contribution in [0.4, 0.5) is 0 Å². The first-order valence-electron chi connectivity index (χ1n) is 5.61. The predicted octanol–water partition coefficient (Wildman–Crippen LogP) is 1.33. The first-order chi connectivity index (χ1) is 6.79. The lowest BCUT2D eigenvalue weighted by molar-refractivity contribution is -0.142. The summed E-state index contributed by atoms with van der Waals surface area (Å²) in [6, 6.07) is -0.0370. The van der Waals surface area contributed by atoms with Crippen LogP contribution in [0.1, 0.15) is 32.1 Å². The molecule has 2 fully saturated rings. The van der Waals surface area contributed by atoms with Crippen molar-refractivity contribution in [2.24, 2.45) is 11.8 Å². The Balaban J connectivity index is 1.73. The summed E-state index contributed by atoms with van der Waals surface area (Å²) >= 11 is 0. The Morgan fingerprint density at radius 2 is 2.21 bits per heavy atom. The zero-order valence-corrected chi connectivity index (χ0v) is 8.79. The summed E-state index contributed by atoms with van der Waals surface area (Å²) in [6.07, 6.45) is 6.49. The molecule has 0 aromatic rings. The fourth-order valence-electron chi connectivity index (χ4n) is 2.51. The SMILES string of the molecule is COC(=O)[C@@H]1C[C@H](CC2CCC2)CN1. The Labute approximate surface area is 85.2 Å². The van der Waals surface area contributed by atoms with Crippen LogP contribution in [0.15, 0.2) is 0 Å². The standard InChI is InChI=1S/C11H19NO2/c1-14-11(13)10-6-9(7-12-10)5-8-3-2-4-8/h8-10,12H,2-7H2,1H3/t9-,10-/m0/s1. The molecule has 0 bridgehead atoms. The van der Waals surface area contributed by atoms with Crippen molar-refractivity contribution >= 4 is 5.97 Å². The Morgan fingerprint density at radius 3 is 2.79 bits per heavy atom. The number of ether oxygens (including phenoxy) is 1. The average molecular weight is 197 g/mol. The highest BCUT2D eigenvalue weighted by atomic mass is 16.5. The van der Waals surface area contributed by atoms with E-state index in [1.165, 1.54) is 32.8 Å². The van der Waals surface area contributed by atoms with E-state index in [-0.39, 0.29) is 12.0 Å². The summed E-state index contributed by atoms with van der Waals surface area (Å²) in [4.78, 5) is 11.2. The second-order valence-electron chi connectivity index (χ2n) is 4.62. The molecule has 2 rings (SSSR count). The summed E-state index contributed by atoms with van der Waals surface area (Å²) < 4.78 is 4.73. The molecule has 2 atom stereocenters. The molecule has 0 aromatic carbocycles. The van der Waals surface area contributed by atoms with E-state index in [2.05, 4.69) is 5.32 Å². The van der Waals surface area contributed by atoms with Gasteiger partial charge >= 0.3 is 5.97 Å². The Bertz CT molecular complexity index is 213. The summed E-state index contributed by atoms with van der Waals surface area (Å²) in [5.41, 5.74) is 0. The molecule has 1 N–H and O–H groups in total. The van der Waals surface area contributed by atoms with Gasteiger partial charge in [-0.15, -0.1) is 0 Å². The normalized spacial score (nSPS) is 32.6. The second kappa shape index (κ2) is 4.30. The molecule has 3 heteroatoms. The summed E-state index contributed by atoms with van der Waals surface area (Å²) in [5, 5.41) is 3.24. The molecule has 0 aromatic heterocycles. The highest BCUT2D eigenvalue weighted by molar-refractivity contribution is 5.75. The number of methoxy groups -OCH3 is 1. The van der Waals surface area contributed by atoms with Gasteiger partial charge in [-0.2, -0.15) is 0 Å². The molecule has 1 aliphatic carbocycles. The minimum absolute atomic E-state index is 0.0370. The molecule has 14 heavy (non-hydrogen) atoms. The number of esters is 1. The van der Waals surface area contributed by atoms with Crippen LogP contribution in [0.3, 0.4) is 0 Å². The lowest BCUT2D eigenvalue weighted by Gasteiger charge is -2.27. The van der Waals surface area contributed by atoms with Gasteiger partial charge in [0.2, 0.25) is 0 Å². The molecule has 80 valence electrons. The number of hydrogen-bond acceptors (Lipinski definition) is 3. The molecular formula is C11H19NO2. The fraction of sp³-hybridized carbons (Fsp3) is 0.909. The van der Waals surface area contributed by atoms with Crippen molar-refractivity contribution in [1.29, 1.82) is 0 Å². The van der Waals surface area contributed by atoms with Crippen molar-refractivity contribution in [3.63, 3.8) is 0 Å². The number of rotatable bonds is 3. The van der Waals surface area contributed by atoms with E-state index >= 15 is 0 Å². The van der Waals surface area contributed by atoms with Gasteiger partial charge in [-0.1, -0.05) is 19.3 Å². The van der Waals surface area contributed by atoms with E-state index in [1.807, 2.05) is 0 Å². The second-order valence-corrected chi connectivity index (χ2v) is 4.62.